The number of ether oxygens (including phenoxy) is 1. The van der Waals surface area contributed by atoms with Gasteiger partial charge < -0.3 is 19.5 Å². The van der Waals surface area contributed by atoms with Gasteiger partial charge in [0.05, 0.1) is 6.61 Å². The molecule has 1 aromatic heterocycles. The lowest BCUT2D eigenvalue weighted by atomic mass is 10.1. The topological polar surface area (TPSA) is 54.7 Å². The summed E-state index contributed by atoms with van der Waals surface area (Å²) in [6.45, 7) is 7.02. The van der Waals surface area contributed by atoms with Crippen molar-refractivity contribution < 1.29 is 4.74 Å². The van der Waals surface area contributed by atoms with Crippen molar-refractivity contribution in [3.63, 3.8) is 0 Å². The van der Waals surface area contributed by atoms with Gasteiger partial charge in [-0.3, -0.25) is 0 Å². The first kappa shape index (κ1) is 21.7. The van der Waals surface area contributed by atoms with Gasteiger partial charge in [-0.2, -0.15) is 0 Å². The number of nitrogens with zero attached hydrogens (tertiary/aromatic N) is 4. The molecule has 6 nitrogen and oxygen atoms in total. The highest BCUT2D eigenvalue weighted by molar-refractivity contribution is 14.0. The number of hydrogen-bond acceptors (Lipinski definition) is 3. The van der Waals surface area contributed by atoms with Crippen LogP contribution < -0.4 is 5.32 Å². The molecule has 1 unspecified atom stereocenters. The monoisotopic (exact) mass is 483 g/mol. The molecule has 27 heavy (non-hydrogen) atoms. The molecule has 0 amide bonds. The molecule has 2 heterocycles. The van der Waals surface area contributed by atoms with Crippen LogP contribution >= 0.6 is 24.0 Å². The average molecular weight is 483 g/mol. The zero-order valence-electron chi connectivity index (χ0n) is 16.2. The third kappa shape index (κ3) is 6.49. The number of hydrogen-bond donors (Lipinski definition) is 1. The number of rotatable bonds is 7. The Balaban J connectivity index is 0.00000261. The van der Waals surface area contributed by atoms with Crippen LogP contribution in [-0.4, -0.2) is 53.8 Å². The maximum atomic E-state index is 5.49. The van der Waals surface area contributed by atoms with E-state index in [1.807, 2.05) is 18.5 Å². The second-order valence-corrected chi connectivity index (χ2v) is 6.74. The highest BCUT2D eigenvalue weighted by atomic mass is 127. The van der Waals surface area contributed by atoms with Crippen molar-refractivity contribution in [2.75, 3.05) is 33.4 Å². The quantitative estimate of drug-likeness (QED) is 0.374. The summed E-state index contributed by atoms with van der Waals surface area (Å²) in [4.78, 5) is 11.5. The van der Waals surface area contributed by atoms with E-state index in [1.54, 1.807) is 0 Å². The van der Waals surface area contributed by atoms with Crippen molar-refractivity contribution in [3.05, 3.63) is 54.1 Å². The summed E-state index contributed by atoms with van der Waals surface area (Å²) < 4.78 is 7.65. The summed E-state index contributed by atoms with van der Waals surface area (Å²) in [7, 11) is 2.09. The molecule has 1 aromatic carbocycles. The summed E-state index contributed by atoms with van der Waals surface area (Å²) in [5, 5.41) is 3.39. The van der Waals surface area contributed by atoms with Gasteiger partial charge in [-0.05, 0) is 18.9 Å². The minimum Gasteiger partial charge on any atom is -0.381 e. The number of imidazole rings is 1. The lowest BCUT2D eigenvalue weighted by Gasteiger charge is -2.24. The average Bonchev–Trinajstić information content (AvgIpc) is 3.31. The molecular weight excluding hydrogens is 453 g/mol. The summed E-state index contributed by atoms with van der Waals surface area (Å²) in [6.07, 6.45) is 5.00. The van der Waals surface area contributed by atoms with Crippen LogP contribution in [0.1, 0.15) is 24.7 Å². The molecule has 0 radical (unpaired) electrons. The summed E-state index contributed by atoms with van der Waals surface area (Å²) in [5.41, 5.74) is 1.26. The number of nitrogens with one attached hydrogen (secondary N) is 1. The zero-order valence-corrected chi connectivity index (χ0v) is 18.5. The van der Waals surface area contributed by atoms with Crippen molar-refractivity contribution >= 4 is 29.9 Å². The van der Waals surface area contributed by atoms with Crippen LogP contribution in [0.3, 0.4) is 0 Å². The fraction of sp³-hybridized carbons (Fsp3) is 0.500. The summed E-state index contributed by atoms with van der Waals surface area (Å²) in [6, 6.07) is 10.4. The lowest BCUT2D eigenvalue weighted by Crippen LogP contribution is -2.41. The van der Waals surface area contributed by atoms with E-state index < -0.39 is 0 Å². The minimum atomic E-state index is 0. The van der Waals surface area contributed by atoms with Crippen LogP contribution in [0.4, 0.5) is 0 Å². The van der Waals surface area contributed by atoms with E-state index in [4.69, 9.17) is 9.73 Å². The molecule has 0 spiro atoms. The number of guanidine groups is 1. The summed E-state index contributed by atoms with van der Waals surface area (Å²) >= 11 is 0. The van der Waals surface area contributed by atoms with Gasteiger partial charge in [0, 0.05) is 51.6 Å². The molecule has 1 aliphatic rings. The maximum Gasteiger partial charge on any atom is 0.194 e. The van der Waals surface area contributed by atoms with E-state index in [0.717, 1.165) is 51.1 Å². The second-order valence-electron chi connectivity index (χ2n) is 6.74. The van der Waals surface area contributed by atoms with Gasteiger partial charge >= 0.3 is 0 Å². The molecule has 0 bridgehead atoms. The van der Waals surface area contributed by atoms with Crippen LogP contribution in [0.5, 0.6) is 0 Å². The molecule has 1 N–H and O–H groups in total. The highest BCUT2D eigenvalue weighted by Gasteiger charge is 2.19. The Morgan fingerprint density at radius 2 is 2.19 bits per heavy atom. The Labute approximate surface area is 179 Å². The second kappa shape index (κ2) is 11.3. The van der Waals surface area contributed by atoms with Gasteiger partial charge in [0.25, 0.3) is 0 Å². The predicted octanol–water partition coefficient (Wildman–Crippen LogP) is 2.98. The van der Waals surface area contributed by atoms with Crippen LogP contribution in [0.15, 0.2) is 47.7 Å². The molecule has 148 valence electrons. The lowest BCUT2D eigenvalue weighted by molar-refractivity contribution is 0.181. The van der Waals surface area contributed by atoms with Crippen LogP contribution in [-0.2, 0) is 17.8 Å². The van der Waals surface area contributed by atoms with E-state index in [-0.39, 0.29) is 24.0 Å². The van der Waals surface area contributed by atoms with Gasteiger partial charge in [0.2, 0.25) is 0 Å². The molecule has 1 saturated heterocycles. The number of halogens is 1. The molecule has 3 rings (SSSR count). The number of benzene rings is 1. The van der Waals surface area contributed by atoms with E-state index in [9.17, 15) is 0 Å². The zero-order chi connectivity index (χ0) is 18.2. The molecule has 0 aliphatic carbocycles. The highest BCUT2D eigenvalue weighted by Crippen LogP contribution is 2.13. The molecule has 2 aromatic rings. The Hall–Kier alpha value is -1.61. The maximum absolute atomic E-state index is 5.49. The van der Waals surface area contributed by atoms with Gasteiger partial charge in [-0.15, -0.1) is 24.0 Å². The van der Waals surface area contributed by atoms with Crippen molar-refractivity contribution in [2.45, 2.75) is 26.4 Å². The first-order chi connectivity index (χ1) is 12.8. The third-order valence-corrected chi connectivity index (χ3v) is 4.62. The third-order valence-electron chi connectivity index (χ3n) is 4.62. The Bertz CT molecular complexity index is 697. The molecule has 1 aliphatic heterocycles. The fourth-order valence-corrected chi connectivity index (χ4v) is 3.23. The molecular formula is C20H30IN5O. The Morgan fingerprint density at radius 3 is 2.89 bits per heavy atom. The molecule has 0 saturated carbocycles. The predicted molar refractivity (Wildman–Crippen MR) is 120 cm³/mol. The molecule has 1 atom stereocenters. The van der Waals surface area contributed by atoms with Gasteiger partial charge in [0.15, 0.2) is 5.96 Å². The fourth-order valence-electron chi connectivity index (χ4n) is 3.23. The van der Waals surface area contributed by atoms with Crippen LogP contribution in [0, 0.1) is 5.92 Å². The van der Waals surface area contributed by atoms with E-state index in [2.05, 4.69) is 58.0 Å². The largest absolute Gasteiger partial charge is 0.381 e. The van der Waals surface area contributed by atoms with Crippen molar-refractivity contribution in [1.82, 2.24) is 19.8 Å². The smallest absolute Gasteiger partial charge is 0.194 e. The summed E-state index contributed by atoms with van der Waals surface area (Å²) in [5.74, 6) is 2.49. The Morgan fingerprint density at radius 1 is 1.37 bits per heavy atom. The minimum absolute atomic E-state index is 0. The van der Waals surface area contributed by atoms with Crippen LogP contribution in [0.25, 0.3) is 0 Å². The normalized spacial score (nSPS) is 16.8. The SMILES string of the molecule is CCNC(=NCc1nccn1Cc1ccccc1)N(C)CC1CCOC1.I. The standard InChI is InChI=1S/C20H29N5O.HI/c1-3-21-20(24(2)14-18-9-12-26-16-18)23-13-19-22-10-11-25(19)15-17-7-5-4-6-8-17;/h4-8,10-11,18H,3,9,12-16H2,1-2H3,(H,21,23);1H. The molecule has 7 heteroatoms. The van der Waals surface area contributed by atoms with Crippen LogP contribution in [0.2, 0.25) is 0 Å². The van der Waals surface area contributed by atoms with Gasteiger partial charge in [0.1, 0.15) is 12.4 Å². The van der Waals surface area contributed by atoms with E-state index in [0.29, 0.717) is 12.5 Å². The van der Waals surface area contributed by atoms with Gasteiger partial charge in [-0.25, -0.2) is 9.98 Å². The van der Waals surface area contributed by atoms with E-state index in [1.165, 1.54) is 5.56 Å². The first-order valence-corrected chi connectivity index (χ1v) is 9.37. The molecule has 1 fully saturated rings. The van der Waals surface area contributed by atoms with Crippen molar-refractivity contribution in [1.29, 1.82) is 0 Å². The van der Waals surface area contributed by atoms with Gasteiger partial charge in [-0.1, -0.05) is 30.3 Å². The van der Waals surface area contributed by atoms with Crippen molar-refractivity contribution in [2.24, 2.45) is 10.9 Å². The first-order valence-electron chi connectivity index (χ1n) is 9.37. The Kier molecular flexibility index (Phi) is 9.06. The number of aromatic nitrogens is 2. The van der Waals surface area contributed by atoms with Crippen molar-refractivity contribution in [3.8, 4) is 0 Å². The number of aliphatic imine (C=N–C) groups is 1. The van der Waals surface area contributed by atoms with E-state index >= 15 is 0 Å².